The molecule has 1 saturated carbocycles. The Bertz CT molecular complexity index is 946. The van der Waals surface area contributed by atoms with Crippen molar-refractivity contribution in [3.05, 3.63) is 16.3 Å². The van der Waals surface area contributed by atoms with Gasteiger partial charge in [-0.3, -0.25) is 4.79 Å². The van der Waals surface area contributed by atoms with E-state index in [4.69, 9.17) is 9.97 Å². The molecule has 0 N–H and O–H groups in total. The molecule has 2 fully saturated rings. The van der Waals surface area contributed by atoms with Crippen LogP contribution in [0.1, 0.15) is 54.8 Å². The fraction of sp³-hybridized carbons (Fsp3) is 0.667. The highest BCUT2D eigenvalue weighted by molar-refractivity contribution is 7.19. The van der Waals surface area contributed by atoms with Crippen molar-refractivity contribution in [2.45, 2.75) is 69.8 Å². The first-order valence-electron chi connectivity index (χ1n) is 10.6. The number of aryl methyl sites for hydroxylation is 2. The van der Waals surface area contributed by atoms with Gasteiger partial charge in [0.25, 0.3) is 5.92 Å². The zero-order chi connectivity index (χ0) is 20.2. The van der Waals surface area contributed by atoms with Gasteiger partial charge in [0.05, 0.1) is 11.8 Å². The minimum absolute atomic E-state index is 0.0790. The lowest BCUT2D eigenvalue weighted by Crippen LogP contribution is -2.43. The van der Waals surface area contributed by atoms with Gasteiger partial charge >= 0.3 is 0 Å². The van der Waals surface area contributed by atoms with Gasteiger partial charge in [0.2, 0.25) is 5.91 Å². The molecule has 2 aromatic heterocycles. The van der Waals surface area contributed by atoms with Crippen LogP contribution < -0.4 is 4.90 Å². The summed E-state index contributed by atoms with van der Waals surface area (Å²) in [5.74, 6) is -1.34. The summed E-state index contributed by atoms with van der Waals surface area (Å²) >= 11 is 1.74. The van der Waals surface area contributed by atoms with E-state index >= 15 is 0 Å². The predicted octanol–water partition coefficient (Wildman–Crippen LogP) is 3.97. The van der Waals surface area contributed by atoms with E-state index in [1.165, 1.54) is 46.4 Å². The molecule has 0 spiro atoms. The number of rotatable bonds is 4. The van der Waals surface area contributed by atoms with E-state index in [2.05, 4.69) is 11.9 Å². The molecule has 0 bridgehead atoms. The Morgan fingerprint density at radius 3 is 2.66 bits per heavy atom. The SMILES string of the molecule is CN(c1nc(CC(=O)N2CCC(F)(F)CC2)nc2sc3c(c12)CCCC3)C1CC1. The number of carbonyl (C=O) groups excluding carboxylic acids is 1. The van der Waals surface area contributed by atoms with Crippen LogP contribution in [0.3, 0.4) is 0 Å². The summed E-state index contributed by atoms with van der Waals surface area (Å²) < 4.78 is 26.8. The molecule has 0 radical (unpaired) electrons. The highest BCUT2D eigenvalue weighted by Crippen LogP contribution is 2.41. The normalized spacial score (nSPS) is 21.3. The molecular weight excluding hydrogens is 394 g/mol. The first kappa shape index (κ1) is 19.2. The Labute approximate surface area is 173 Å². The Hall–Kier alpha value is -1.83. The Balaban J connectivity index is 1.46. The van der Waals surface area contributed by atoms with Gasteiger partial charge in [-0.15, -0.1) is 11.3 Å². The summed E-state index contributed by atoms with van der Waals surface area (Å²) in [5.41, 5.74) is 1.40. The number of halogens is 2. The molecule has 1 aliphatic heterocycles. The fourth-order valence-electron chi connectivity index (χ4n) is 4.48. The number of likely N-dealkylation sites (tertiary alicyclic amines) is 1. The maximum Gasteiger partial charge on any atom is 0.251 e. The topological polar surface area (TPSA) is 49.3 Å². The number of piperidine rings is 1. The lowest BCUT2D eigenvalue weighted by atomic mass is 9.97. The largest absolute Gasteiger partial charge is 0.356 e. The number of hydrogen-bond donors (Lipinski definition) is 0. The lowest BCUT2D eigenvalue weighted by Gasteiger charge is -2.31. The van der Waals surface area contributed by atoms with Gasteiger partial charge in [0, 0.05) is 43.9 Å². The van der Waals surface area contributed by atoms with Crippen LogP contribution in [0.2, 0.25) is 0 Å². The predicted molar refractivity (Wildman–Crippen MR) is 110 cm³/mol. The maximum absolute atomic E-state index is 13.4. The van der Waals surface area contributed by atoms with Crippen LogP contribution >= 0.6 is 11.3 Å². The van der Waals surface area contributed by atoms with Crippen LogP contribution in [0.5, 0.6) is 0 Å². The summed E-state index contributed by atoms with van der Waals surface area (Å²) in [6, 6.07) is 0.514. The first-order chi connectivity index (χ1) is 13.9. The van der Waals surface area contributed by atoms with Crippen molar-refractivity contribution in [2.24, 2.45) is 0 Å². The van der Waals surface area contributed by atoms with Gasteiger partial charge < -0.3 is 9.80 Å². The lowest BCUT2D eigenvalue weighted by molar-refractivity contribution is -0.136. The average molecular weight is 421 g/mol. The summed E-state index contributed by atoms with van der Waals surface area (Å²) in [4.78, 5) is 28.5. The number of amides is 1. The van der Waals surface area contributed by atoms with E-state index in [1.54, 1.807) is 11.3 Å². The van der Waals surface area contributed by atoms with E-state index in [1.807, 2.05) is 0 Å². The Morgan fingerprint density at radius 1 is 1.21 bits per heavy atom. The number of aromatic nitrogens is 2. The van der Waals surface area contributed by atoms with Crippen LogP contribution in [-0.2, 0) is 24.1 Å². The fourth-order valence-corrected chi connectivity index (χ4v) is 5.76. The van der Waals surface area contributed by atoms with Crippen molar-refractivity contribution in [2.75, 3.05) is 25.0 Å². The minimum Gasteiger partial charge on any atom is -0.356 e. The number of fused-ring (bicyclic) bond motifs is 3. The molecule has 8 heteroatoms. The third-order valence-electron chi connectivity index (χ3n) is 6.43. The highest BCUT2D eigenvalue weighted by atomic mass is 32.1. The van der Waals surface area contributed by atoms with Gasteiger partial charge in [0.1, 0.15) is 16.5 Å². The van der Waals surface area contributed by atoms with Crippen molar-refractivity contribution in [3.63, 3.8) is 0 Å². The molecule has 29 heavy (non-hydrogen) atoms. The van der Waals surface area contributed by atoms with Crippen molar-refractivity contribution >= 4 is 33.3 Å². The Morgan fingerprint density at radius 2 is 1.93 bits per heavy atom. The van der Waals surface area contributed by atoms with Crippen molar-refractivity contribution in [3.8, 4) is 0 Å². The molecular formula is C21H26F2N4OS. The monoisotopic (exact) mass is 420 g/mol. The van der Waals surface area contributed by atoms with E-state index in [0.29, 0.717) is 11.9 Å². The standard InChI is InChI=1S/C21H26F2N4OS/c1-26(13-6-7-13)19-18-14-4-2-3-5-15(14)29-20(18)25-16(24-19)12-17(28)27-10-8-21(22,23)9-11-27/h13H,2-12H2,1H3. The summed E-state index contributed by atoms with van der Waals surface area (Å²) in [7, 11) is 2.09. The van der Waals surface area contributed by atoms with E-state index in [-0.39, 0.29) is 38.3 Å². The van der Waals surface area contributed by atoms with Crippen molar-refractivity contribution in [1.82, 2.24) is 14.9 Å². The van der Waals surface area contributed by atoms with Gasteiger partial charge in [0.15, 0.2) is 0 Å². The van der Waals surface area contributed by atoms with Gasteiger partial charge in [-0.1, -0.05) is 0 Å². The van der Waals surface area contributed by atoms with Gasteiger partial charge in [-0.05, 0) is 44.1 Å². The summed E-state index contributed by atoms with van der Waals surface area (Å²) in [6.07, 6.45) is 6.49. The molecule has 3 aliphatic rings. The summed E-state index contributed by atoms with van der Waals surface area (Å²) in [5, 5.41) is 1.17. The molecule has 5 rings (SSSR count). The van der Waals surface area contributed by atoms with Crippen LogP contribution in [0.15, 0.2) is 0 Å². The molecule has 1 amide bonds. The number of alkyl halides is 2. The average Bonchev–Trinajstić information content (AvgIpc) is 3.47. The molecule has 2 aromatic rings. The minimum atomic E-state index is -2.65. The molecule has 1 saturated heterocycles. The maximum atomic E-state index is 13.4. The zero-order valence-electron chi connectivity index (χ0n) is 16.7. The number of thiophene rings is 1. The third-order valence-corrected chi connectivity index (χ3v) is 7.61. The van der Waals surface area contributed by atoms with E-state index in [9.17, 15) is 13.6 Å². The van der Waals surface area contributed by atoms with Crippen molar-refractivity contribution < 1.29 is 13.6 Å². The van der Waals surface area contributed by atoms with Crippen LogP contribution in [0.4, 0.5) is 14.6 Å². The van der Waals surface area contributed by atoms with Crippen molar-refractivity contribution in [1.29, 1.82) is 0 Å². The second-order valence-corrected chi connectivity index (χ2v) is 9.69. The highest BCUT2D eigenvalue weighted by Gasteiger charge is 2.36. The quantitative estimate of drug-likeness (QED) is 0.751. The number of nitrogens with zero attached hydrogens (tertiary/aromatic N) is 4. The van der Waals surface area contributed by atoms with Gasteiger partial charge in [-0.25, -0.2) is 18.7 Å². The Kier molecular flexibility index (Phi) is 4.72. The van der Waals surface area contributed by atoms with Crippen LogP contribution in [0.25, 0.3) is 10.2 Å². The van der Waals surface area contributed by atoms with Gasteiger partial charge in [-0.2, -0.15) is 0 Å². The number of hydrogen-bond acceptors (Lipinski definition) is 5. The number of anilines is 1. The molecule has 2 aliphatic carbocycles. The number of carbonyl (C=O) groups is 1. The zero-order valence-corrected chi connectivity index (χ0v) is 17.5. The second-order valence-electron chi connectivity index (χ2n) is 8.61. The first-order valence-corrected chi connectivity index (χ1v) is 11.4. The summed E-state index contributed by atoms with van der Waals surface area (Å²) in [6.45, 7) is 0.215. The van der Waals surface area contributed by atoms with E-state index in [0.717, 1.165) is 23.5 Å². The van der Waals surface area contributed by atoms with Crippen LogP contribution in [-0.4, -0.2) is 52.9 Å². The third kappa shape index (κ3) is 3.71. The molecule has 3 heterocycles. The molecule has 0 aromatic carbocycles. The molecule has 0 unspecified atom stereocenters. The van der Waals surface area contributed by atoms with E-state index < -0.39 is 5.92 Å². The smallest absolute Gasteiger partial charge is 0.251 e. The molecule has 156 valence electrons. The second kappa shape index (κ2) is 7.15. The molecule has 0 atom stereocenters. The molecule has 5 nitrogen and oxygen atoms in total. The van der Waals surface area contributed by atoms with Crippen LogP contribution in [0, 0.1) is 0 Å².